The fourth-order valence-corrected chi connectivity index (χ4v) is 5.74. The summed E-state index contributed by atoms with van der Waals surface area (Å²) in [6.45, 7) is 0.410. The predicted molar refractivity (Wildman–Crippen MR) is 156 cm³/mol. The van der Waals surface area contributed by atoms with Crippen LogP contribution in [0.3, 0.4) is 0 Å². The van der Waals surface area contributed by atoms with Crippen LogP contribution in [0.2, 0.25) is 0 Å². The van der Waals surface area contributed by atoms with Crippen LogP contribution in [-0.2, 0) is 11.4 Å². The van der Waals surface area contributed by atoms with Crippen molar-refractivity contribution in [2.75, 3.05) is 33.8 Å². The molecule has 2 atom stereocenters. The summed E-state index contributed by atoms with van der Waals surface area (Å²) in [4.78, 5) is 18.4. The number of nitrogens with zero attached hydrogens (tertiary/aromatic N) is 3. The first kappa shape index (κ1) is 27.2. The molecule has 0 radical (unpaired) electrons. The maximum absolute atomic E-state index is 13.9. The van der Waals surface area contributed by atoms with Crippen molar-refractivity contribution in [1.82, 2.24) is 14.8 Å². The first-order valence-electron chi connectivity index (χ1n) is 13.6. The Morgan fingerprint density at radius 1 is 0.833 bits per heavy atom. The number of anilines is 1. The molecule has 10 heteroatoms. The molecular weight excluding hydrogens is 536 g/mol. The van der Waals surface area contributed by atoms with Gasteiger partial charge in [-0.25, -0.2) is 4.68 Å². The number of methoxy groups -OCH3 is 4. The van der Waals surface area contributed by atoms with Gasteiger partial charge in [0.2, 0.25) is 11.7 Å². The number of rotatable bonds is 9. The number of nitrogens with one attached hydrogen (secondary N) is 1. The van der Waals surface area contributed by atoms with E-state index in [-0.39, 0.29) is 11.7 Å². The molecule has 2 heterocycles. The lowest BCUT2D eigenvalue weighted by atomic mass is 9.77. The summed E-state index contributed by atoms with van der Waals surface area (Å²) in [5.74, 6) is 3.30. The van der Waals surface area contributed by atoms with E-state index in [0.717, 1.165) is 22.4 Å². The first-order valence-corrected chi connectivity index (χ1v) is 13.6. The number of carbonyl (C=O) groups excluding carboxylic acids is 1. The minimum absolute atomic E-state index is 0.0250. The van der Waals surface area contributed by atoms with Crippen molar-refractivity contribution in [2.24, 2.45) is 0 Å². The number of ketones is 1. The lowest BCUT2D eigenvalue weighted by molar-refractivity contribution is -0.116. The van der Waals surface area contributed by atoms with Crippen molar-refractivity contribution in [1.29, 1.82) is 0 Å². The first-order chi connectivity index (χ1) is 20.5. The zero-order chi connectivity index (χ0) is 29.2. The Kier molecular flexibility index (Phi) is 7.43. The monoisotopic (exact) mass is 568 g/mol. The zero-order valence-corrected chi connectivity index (χ0v) is 23.9. The van der Waals surface area contributed by atoms with Gasteiger partial charge in [-0.1, -0.05) is 36.4 Å². The highest BCUT2D eigenvalue weighted by molar-refractivity contribution is 6.00. The average molecular weight is 569 g/mol. The van der Waals surface area contributed by atoms with Gasteiger partial charge in [0.05, 0.1) is 28.4 Å². The molecule has 0 saturated heterocycles. The Balaban J connectivity index is 1.34. The molecule has 0 spiro atoms. The van der Waals surface area contributed by atoms with Crippen LogP contribution in [0.5, 0.6) is 28.7 Å². The van der Waals surface area contributed by atoms with Crippen molar-refractivity contribution in [2.45, 2.75) is 31.4 Å². The normalized spacial score (nSPS) is 17.6. The molecule has 2 aliphatic rings. The van der Waals surface area contributed by atoms with Gasteiger partial charge in [0.15, 0.2) is 28.8 Å². The largest absolute Gasteiger partial charge is 0.493 e. The summed E-state index contributed by atoms with van der Waals surface area (Å²) < 4.78 is 30.2. The molecule has 1 aromatic heterocycles. The van der Waals surface area contributed by atoms with Gasteiger partial charge in [-0.15, -0.1) is 0 Å². The fourth-order valence-electron chi connectivity index (χ4n) is 5.74. The Labute approximate surface area is 243 Å². The van der Waals surface area contributed by atoms with Crippen LogP contribution in [0.4, 0.5) is 5.95 Å². The summed E-state index contributed by atoms with van der Waals surface area (Å²) in [5, 5.41) is 7.85. The molecule has 3 aromatic carbocycles. The molecular formula is C32H32N4O6. The fraction of sp³-hybridized carbons (Fsp3) is 0.281. The standard InChI is InChI=1S/C32H32N4O6/c1-38-26-14-20(10-11-25(26)42-17-19-8-6-5-7-9-19)30-29-23(35-32-33-18-34-36(30)32)12-21(13-24(29)37)22-15-27(39-2)31(41-4)28(16-22)40-3/h5-11,14-16,18,21,30H,12-13,17H2,1-4H3,(H,33,34,35)/t21-,30-/m1/s1. The summed E-state index contributed by atoms with van der Waals surface area (Å²) >= 11 is 0. The molecule has 4 aromatic rings. The van der Waals surface area contributed by atoms with Gasteiger partial charge >= 0.3 is 0 Å². The predicted octanol–water partition coefficient (Wildman–Crippen LogP) is 5.31. The number of Topliss-reactive ketones (excluding diaryl/α,β-unsaturated/α-hetero) is 1. The smallest absolute Gasteiger partial charge is 0.226 e. The lowest BCUT2D eigenvalue weighted by Crippen LogP contribution is -2.33. The number of ether oxygens (including phenoxy) is 5. The molecule has 42 heavy (non-hydrogen) atoms. The van der Waals surface area contributed by atoms with E-state index in [0.29, 0.717) is 59.7 Å². The van der Waals surface area contributed by atoms with E-state index in [1.54, 1.807) is 33.1 Å². The van der Waals surface area contributed by atoms with Crippen molar-refractivity contribution < 1.29 is 28.5 Å². The third kappa shape index (κ3) is 4.89. The van der Waals surface area contributed by atoms with Gasteiger partial charge in [0.1, 0.15) is 19.0 Å². The van der Waals surface area contributed by atoms with Crippen molar-refractivity contribution in [3.05, 3.63) is 95.0 Å². The van der Waals surface area contributed by atoms with Crippen LogP contribution >= 0.6 is 0 Å². The van der Waals surface area contributed by atoms with Crippen molar-refractivity contribution in [3.63, 3.8) is 0 Å². The van der Waals surface area contributed by atoms with E-state index < -0.39 is 6.04 Å². The second kappa shape index (κ2) is 11.5. The summed E-state index contributed by atoms with van der Waals surface area (Å²) in [6.07, 6.45) is 2.40. The Bertz CT molecular complexity index is 1620. The number of carbonyl (C=O) groups is 1. The molecule has 6 rings (SSSR count). The average Bonchev–Trinajstić information content (AvgIpc) is 3.50. The van der Waals surface area contributed by atoms with Crippen LogP contribution < -0.4 is 29.0 Å². The number of hydrogen-bond donors (Lipinski definition) is 1. The summed E-state index contributed by atoms with van der Waals surface area (Å²) in [6, 6.07) is 19.0. The van der Waals surface area contributed by atoms with Crippen LogP contribution in [-0.4, -0.2) is 49.0 Å². The zero-order valence-electron chi connectivity index (χ0n) is 23.9. The van der Waals surface area contributed by atoms with Gasteiger partial charge < -0.3 is 29.0 Å². The topological polar surface area (TPSA) is 106 Å². The van der Waals surface area contributed by atoms with E-state index >= 15 is 0 Å². The third-order valence-corrected chi connectivity index (χ3v) is 7.76. The summed E-state index contributed by atoms with van der Waals surface area (Å²) in [5.41, 5.74) is 4.31. The van der Waals surface area contributed by atoms with E-state index in [1.165, 1.54) is 6.33 Å². The maximum Gasteiger partial charge on any atom is 0.226 e. The van der Waals surface area contributed by atoms with E-state index in [2.05, 4.69) is 15.4 Å². The molecule has 216 valence electrons. The number of benzene rings is 3. The molecule has 0 amide bonds. The highest BCUT2D eigenvalue weighted by Gasteiger charge is 2.40. The number of aromatic nitrogens is 3. The molecule has 0 unspecified atom stereocenters. The molecule has 10 nitrogen and oxygen atoms in total. The molecule has 1 aliphatic heterocycles. The van der Waals surface area contributed by atoms with Crippen LogP contribution in [0.1, 0.15) is 41.5 Å². The van der Waals surface area contributed by atoms with E-state index in [4.69, 9.17) is 23.7 Å². The Morgan fingerprint density at radius 2 is 1.55 bits per heavy atom. The number of fused-ring (bicyclic) bond motifs is 1. The minimum atomic E-state index is -0.468. The van der Waals surface area contributed by atoms with E-state index in [1.807, 2.05) is 60.7 Å². The second-order valence-corrected chi connectivity index (χ2v) is 10.1. The SMILES string of the molecule is COc1cc([C@@H]2C3=C(C[C@@H](c4cc(OC)c(OC)c(OC)c4)CC3=O)Nc3ncnn32)ccc1OCc1ccccc1. The van der Waals surface area contributed by atoms with Crippen LogP contribution in [0.15, 0.2) is 78.3 Å². The molecule has 1 aliphatic carbocycles. The van der Waals surface area contributed by atoms with Crippen molar-refractivity contribution in [3.8, 4) is 28.7 Å². The lowest BCUT2D eigenvalue weighted by Gasteiger charge is -2.35. The van der Waals surface area contributed by atoms with Gasteiger partial charge in [0, 0.05) is 17.7 Å². The highest BCUT2D eigenvalue weighted by atomic mass is 16.5. The molecule has 0 saturated carbocycles. The number of allylic oxidation sites excluding steroid dienone is 2. The van der Waals surface area contributed by atoms with Crippen LogP contribution in [0, 0.1) is 0 Å². The number of hydrogen-bond acceptors (Lipinski definition) is 9. The van der Waals surface area contributed by atoms with Gasteiger partial charge in [0.25, 0.3) is 0 Å². The second-order valence-electron chi connectivity index (χ2n) is 10.1. The third-order valence-electron chi connectivity index (χ3n) is 7.76. The Hall–Kier alpha value is -4.99. The highest BCUT2D eigenvalue weighted by Crippen LogP contribution is 2.47. The molecule has 0 bridgehead atoms. The van der Waals surface area contributed by atoms with Gasteiger partial charge in [-0.05, 0) is 53.3 Å². The van der Waals surface area contributed by atoms with Gasteiger partial charge in [-0.3, -0.25) is 4.79 Å². The van der Waals surface area contributed by atoms with Crippen molar-refractivity contribution >= 4 is 11.7 Å². The maximum atomic E-state index is 13.9. The molecule has 1 N–H and O–H groups in total. The Morgan fingerprint density at radius 3 is 2.24 bits per heavy atom. The minimum Gasteiger partial charge on any atom is -0.493 e. The molecule has 0 fully saturated rings. The van der Waals surface area contributed by atoms with Gasteiger partial charge in [-0.2, -0.15) is 10.1 Å². The quantitative estimate of drug-likeness (QED) is 0.288. The van der Waals surface area contributed by atoms with Crippen LogP contribution in [0.25, 0.3) is 0 Å². The summed E-state index contributed by atoms with van der Waals surface area (Å²) in [7, 11) is 6.34. The van der Waals surface area contributed by atoms with E-state index in [9.17, 15) is 4.79 Å².